The first-order valence-corrected chi connectivity index (χ1v) is 8.16. The lowest BCUT2D eigenvalue weighted by Crippen LogP contribution is -2.05. The molecule has 0 atom stereocenters. The van der Waals surface area contributed by atoms with Crippen LogP contribution in [-0.2, 0) is 6.18 Å². The first kappa shape index (κ1) is 17.5. The van der Waals surface area contributed by atoms with E-state index < -0.39 is 11.7 Å². The van der Waals surface area contributed by atoms with E-state index in [1.54, 1.807) is 42.7 Å². The number of hydrogen-bond acceptors (Lipinski definition) is 4. The highest BCUT2D eigenvalue weighted by molar-refractivity contribution is 5.62. The van der Waals surface area contributed by atoms with Crippen molar-refractivity contribution in [1.82, 2.24) is 19.6 Å². The quantitative estimate of drug-likeness (QED) is 0.511. The molecule has 0 radical (unpaired) electrons. The van der Waals surface area contributed by atoms with Gasteiger partial charge in [0.1, 0.15) is 11.5 Å². The molecular formula is C20H12F3N5. The van der Waals surface area contributed by atoms with Gasteiger partial charge in [-0.05, 0) is 42.3 Å². The SMILES string of the molecule is Nc1cc(C#Cc2cnc3ccc(-c4cccc(C(F)(F)F)c4)nn23)ccn1. The maximum atomic E-state index is 13.0. The topological polar surface area (TPSA) is 69.1 Å². The summed E-state index contributed by atoms with van der Waals surface area (Å²) in [5.41, 5.74) is 7.36. The molecule has 0 fully saturated rings. The summed E-state index contributed by atoms with van der Waals surface area (Å²) in [5.74, 6) is 6.26. The first-order chi connectivity index (χ1) is 13.4. The predicted molar refractivity (Wildman–Crippen MR) is 98.1 cm³/mol. The van der Waals surface area contributed by atoms with Crippen LogP contribution in [0.15, 0.2) is 60.9 Å². The largest absolute Gasteiger partial charge is 0.416 e. The number of aromatic nitrogens is 4. The van der Waals surface area contributed by atoms with Crippen molar-refractivity contribution in [2.75, 3.05) is 5.73 Å². The number of anilines is 1. The number of pyridine rings is 1. The van der Waals surface area contributed by atoms with E-state index in [-0.39, 0.29) is 0 Å². The van der Waals surface area contributed by atoms with Crippen molar-refractivity contribution >= 4 is 11.5 Å². The second-order valence-corrected chi connectivity index (χ2v) is 5.93. The maximum absolute atomic E-state index is 13.0. The summed E-state index contributed by atoms with van der Waals surface area (Å²) < 4.78 is 40.4. The number of imidazole rings is 1. The normalized spacial score (nSPS) is 11.2. The van der Waals surface area contributed by atoms with Gasteiger partial charge in [0.15, 0.2) is 5.65 Å². The number of halogens is 3. The average molecular weight is 379 g/mol. The Hall–Kier alpha value is -3.86. The van der Waals surface area contributed by atoms with Gasteiger partial charge in [-0.1, -0.05) is 18.1 Å². The molecule has 0 aliphatic carbocycles. The Morgan fingerprint density at radius 3 is 2.61 bits per heavy atom. The third-order valence-corrected chi connectivity index (χ3v) is 3.96. The van der Waals surface area contributed by atoms with Crippen molar-refractivity contribution in [2.24, 2.45) is 0 Å². The highest BCUT2D eigenvalue weighted by Gasteiger charge is 2.30. The lowest BCUT2D eigenvalue weighted by atomic mass is 10.1. The Kier molecular flexibility index (Phi) is 4.20. The number of rotatable bonds is 1. The van der Waals surface area contributed by atoms with Gasteiger partial charge in [-0.15, -0.1) is 0 Å². The number of nitrogen functional groups attached to an aromatic ring is 1. The predicted octanol–water partition coefficient (Wildman–Crippen LogP) is 3.79. The van der Waals surface area contributed by atoms with Crippen LogP contribution in [0.25, 0.3) is 16.9 Å². The van der Waals surface area contributed by atoms with E-state index in [1.807, 2.05) is 0 Å². The highest BCUT2D eigenvalue weighted by Crippen LogP contribution is 2.31. The molecule has 0 unspecified atom stereocenters. The molecule has 4 rings (SSSR count). The number of nitrogens with two attached hydrogens (primary N) is 1. The Morgan fingerprint density at radius 1 is 0.964 bits per heavy atom. The van der Waals surface area contributed by atoms with Gasteiger partial charge in [0.05, 0.1) is 17.5 Å². The molecule has 138 valence electrons. The van der Waals surface area contributed by atoms with Crippen molar-refractivity contribution in [2.45, 2.75) is 6.18 Å². The summed E-state index contributed by atoms with van der Waals surface area (Å²) in [5, 5.41) is 4.41. The summed E-state index contributed by atoms with van der Waals surface area (Å²) in [7, 11) is 0. The van der Waals surface area contributed by atoms with E-state index in [0.29, 0.717) is 34.0 Å². The molecule has 4 aromatic rings. The standard InChI is InChI=1S/C20H12F3N5/c21-20(22,23)15-3-1-2-14(11-15)17-6-7-19-26-12-16(28(19)27-17)5-4-13-8-9-25-18(24)10-13/h1-3,6-12H,(H2,24,25). The highest BCUT2D eigenvalue weighted by atomic mass is 19.4. The molecule has 2 N–H and O–H groups in total. The summed E-state index contributed by atoms with van der Waals surface area (Å²) in [6.07, 6.45) is -1.31. The van der Waals surface area contributed by atoms with Crippen molar-refractivity contribution in [3.63, 3.8) is 0 Å². The zero-order chi connectivity index (χ0) is 19.7. The van der Waals surface area contributed by atoms with Crippen LogP contribution >= 0.6 is 0 Å². The minimum absolute atomic E-state index is 0.353. The van der Waals surface area contributed by atoms with Crippen LogP contribution in [0.1, 0.15) is 16.8 Å². The molecule has 3 aromatic heterocycles. The van der Waals surface area contributed by atoms with Gasteiger partial charge in [0, 0.05) is 17.3 Å². The second kappa shape index (κ2) is 6.70. The average Bonchev–Trinajstić information content (AvgIpc) is 3.08. The van der Waals surface area contributed by atoms with Crippen molar-refractivity contribution in [1.29, 1.82) is 0 Å². The number of benzene rings is 1. The maximum Gasteiger partial charge on any atom is 0.416 e. The third-order valence-electron chi connectivity index (χ3n) is 3.96. The van der Waals surface area contributed by atoms with E-state index in [4.69, 9.17) is 5.73 Å². The van der Waals surface area contributed by atoms with E-state index >= 15 is 0 Å². The molecular weight excluding hydrogens is 367 g/mol. The van der Waals surface area contributed by atoms with Gasteiger partial charge >= 0.3 is 6.18 Å². The smallest absolute Gasteiger partial charge is 0.384 e. The van der Waals surface area contributed by atoms with Gasteiger partial charge in [0.25, 0.3) is 0 Å². The molecule has 0 amide bonds. The number of alkyl halides is 3. The molecule has 0 saturated carbocycles. The Bertz CT molecular complexity index is 1230. The monoisotopic (exact) mass is 379 g/mol. The van der Waals surface area contributed by atoms with Crippen LogP contribution in [0, 0.1) is 11.8 Å². The molecule has 0 saturated heterocycles. The van der Waals surface area contributed by atoms with Gasteiger partial charge in [0.2, 0.25) is 0 Å². The van der Waals surface area contributed by atoms with Crippen LogP contribution in [0.2, 0.25) is 0 Å². The summed E-state index contributed by atoms with van der Waals surface area (Å²) >= 11 is 0. The fraction of sp³-hybridized carbons (Fsp3) is 0.0500. The lowest BCUT2D eigenvalue weighted by Gasteiger charge is -2.08. The molecule has 5 nitrogen and oxygen atoms in total. The molecule has 28 heavy (non-hydrogen) atoms. The molecule has 3 heterocycles. The zero-order valence-electron chi connectivity index (χ0n) is 14.3. The molecule has 0 bridgehead atoms. The Labute approximate surface area is 157 Å². The third kappa shape index (κ3) is 3.50. The fourth-order valence-corrected chi connectivity index (χ4v) is 2.63. The van der Waals surface area contributed by atoms with Crippen molar-refractivity contribution in [3.8, 4) is 23.1 Å². The summed E-state index contributed by atoms with van der Waals surface area (Å²) in [6.45, 7) is 0. The van der Waals surface area contributed by atoms with Crippen LogP contribution < -0.4 is 5.73 Å². The number of hydrogen-bond donors (Lipinski definition) is 1. The van der Waals surface area contributed by atoms with Gasteiger partial charge in [-0.2, -0.15) is 18.3 Å². The summed E-state index contributed by atoms with van der Waals surface area (Å²) in [6, 6.07) is 11.7. The first-order valence-electron chi connectivity index (χ1n) is 8.16. The Morgan fingerprint density at radius 2 is 1.82 bits per heavy atom. The molecule has 1 aromatic carbocycles. The van der Waals surface area contributed by atoms with E-state index in [0.717, 1.165) is 12.1 Å². The van der Waals surface area contributed by atoms with Gasteiger partial charge in [-0.3, -0.25) is 0 Å². The van der Waals surface area contributed by atoms with Gasteiger partial charge < -0.3 is 5.73 Å². The second-order valence-electron chi connectivity index (χ2n) is 5.93. The minimum atomic E-state index is -4.42. The van der Waals surface area contributed by atoms with Crippen LogP contribution in [-0.4, -0.2) is 19.6 Å². The van der Waals surface area contributed by atoms with Gasteiger partial charge in [-0.25, -0.2) is 14.5 Å². The number of nitrogens with zero attached hydrogens (tertiary/aromatic N) is 4. The van der Waals surface area contributed by atoms with E-state index in [1.165, 1.54) is 10.6 Å². The van der Waals surface area contributed by atoms with E-state index in [9.17, 15) is 13.2 Å². The molecule has 0 aliphatic heterocycles. The molecule has 0 aliphatic rings. The number of fused-ring (bicyclic) bond motifs is 1. The molecule has 0 spiro atoms. The summed E-state index contributed by atoms with van der Waals surface area (Å²) in [4.78, 5) is 8.13. The fourth-order valence-electron chi connectivity index (χ4n) is 2.63. The van der Waals surface area contributed by atoms with Crippen LogP contribution in [0.3, 0.4) is 0 Å². The minimum Gasteiger partial charge on any atom is -0.384 e. The molecule has 8 heteroatoms. The van der Waals surface area contributed by atoms with Crippen LogP contribution in [0.4, 0.5) is 19.0 Å². The zero-order valence-corrected chi connectivity index (χ0v) is 14.3. The van der Waals surface area contributed by atoms with Crippen molar-refractivity contribution in [3.05, 3.63) is 77.7 Å². The Balaban J connectivity index is 1.75. The van der Waals surface area contributed by atoms with Crippen molar-refractivity contribution < 1.29 is 13.2 Å². The lowest BCUT2D eigenvalue weighted by molar-refractivity contribution is -0.137. The van der Waals surface area contributed by atoms with Crippen LogP contribution in [0.5, 0.6) is 0 Å². The van der Waals surface area contributed by atoms with E-state index in [2.05, 4.69) is 26.9 Å².